The van der Waals surface area contributed by atoms with E-state index in [1.54, 1.807) is 0 Å². The van der Waals surface area contributed by atoms with Gasteiger partial charge in [0.2, 0.25) is 0 Å². The first-order chi connectivity index (χ1) is 12.5. The highest BCUT2D eigenvalue weighted by Gasteiger charge is 2.20. The van der Waals surface area contributed by atoms with E-state index in [4.69, 9.17) is 16.3 Å². The Morgan fingerprint density at radius 2 is 1.85 bits per heavy atom. The van der Waals surface area contributed by atoms with Crippen LogP contribution in [0.15, 0.2) is 36.5 Å². The molecule has 26 heavy (non-hydrogen) atoms. The second-order valence-corrected chi connectivity index (χ2v) is 7.19. The lowest BCUT2D eigenvalue weighted by atomic mass is 10.1. The Morgan fingerprint density at radius 1 is 1.15 bits per heavy atom. The van der Waals surface area contributed by atoms with E-state index in [2.05, 4.69) is 14.8 Å². The molecule has 1 aromatic carbocycles. The Morgan fingerprint density at radius 3 is 2.46 bits per heavy atom. The summed E-state index contributed by atoms with van der Waals surface area (Å²) in [7, 11) is 0. The molecule has 1 aromatic heterocycles. The number of rotatable bonds is 6. The smallest absolute Gasteiger partial charge is 0.128 e. The average molecular weight is 376 g/mol. The molecule has 0 unspecified atom stereocenters. The fourth-order valence-corrected chi connectivity index (χ4v) is 3.34. The average Bonchev–Trinajstić information content (AvgIpc) is 2.65. The number of anilines is 1. The van der Waals surface area contributed by atoms with E-state index >= 15 is 0 Å². The van der Waals surface area contributed by atoms with Crippen molar-refractivity contribution in [3.05, 3.63) is 52.7 Å². The Kier molecular flexibility index (Phi) is 6.35. The van der Waals surface area contributed by atoms with Crippen molar-refractivity contribution in [3.8, 4) is 5.75 Å². The van der Waals surface area contributed by atoms with Crippen molar-refractivity contribution in [2.45, 2.75) is 20.0 Å². The van der Waals surface area contributed by atoms with Gasteiger partial charge in [-0.2, -0.15) is 0 Å². The molecule has 0 radical (unpaired) electrons. The number of aliphatic hydroxyl groups is 1. The van der Waals surface area contributed by atoms with Crippen LogP contribution in [0, 0.1) is 13.8 Å². The molecule has 5 nitrogen and oxygen atoms in total. The zero-order chi connectivity index (χ0) is 18.5. The molecule has 0 saturated carbocycles. The molecule has 1 saturated heterocycles. The molecular formula is C20H26ClN3O2. The summed E-state index contributed by atoms with van der Waals surface area (Å²) in [5.74, 6) is 1.77. The van der Waals surface area contributed by atoms with Gasteiger partial charge < -0.3 is 14.7 Å². The summed E-state index contributed by atoms with van der Waals surface area (Å²) in [6.45, 7) is 8.46. The van der Waals surface area contributed by atoms with E-state index in [0.717, 1.165) is 53.9 Å². The van der Waals surface area contributed by atoms with Gasteiger partial charge in [-0.1, -0.05) is 17.7 Å². The van der Waals surface area contributed by atoms with Crippen LogP contribution in [0.2, 0.25) is 5.02 Å². The van der Waals surface area contributed by atoms with Gasteiger partial charge in [0.05, 0.1) is 0 Å². The predicted molar refractivity (Wildman–Crippen MR) is 105 cm³/mol. The van der Waals surface area contributed by atoms with Crippen molar-refractivity contribution >= 4 is 17.4 Å². The van der Waals surface area contributed by atoms with E-state index in [1.165, 1.54) is 0 Å². The molecule has 6 heteroatoms. The van der Waals surface area contributed by atoms with Crippen LogP contribution in [0.5, 0.6) is 5.75 Å². The fraction of sp³-hybridized carbons (Fsp3) is 0.450. The van der Waals surface area contributed by atoms with Crippen molar-refractivity contribution in [1.82, 2.24) is 9.88 Å². The Balaban J connectivity index is 1.44. The summed E-state index contributed by atoms with van der Waals surface area (Å²) in [6.07, 6.45) is 1.30. The van der Waals surface area contributed by atoms with Gasteiger partial charge >= 0.3 is 0 Å². The second-order valence-electron chi connectivity index (χ2n) is 6.81. The fourth-order valence-electron chi connectivity index (χ4n) is 3.23. The largest absolute Gasteiger partial charge is 0.491 e. The van der Waals surface area contributed by atoms with Crippen molar-refractivity contribution < 1.29 is 9.84 Å². The molecule has 1 N–H and O–H groups in total. The third-order valence-corrected chi connectivity index (χ3v) is 5.26. The molecule has 1 fully saturated rings. The predicted octanol–water partition coefficient (Wildman–Crippen LogP) is 2.91. The summed E-state index contributed by atoms with van der Waals surface area (Å²) in [5.41, 5.74) is 1.98. The number of halogens is 1. The van der Waals surface area contributed by atoms with Gasteiger partial charge in [-0.05, 0) is 49.2 Å². The number of benzene rings is 1. The number of β-amino-alcohol motifs (C(OH)–C–C–N with tert-alkyl or cyclic N) is 1. The molecule has 0 spiro atoms. The first kappa shape index (κ1) is 19.0. The summed E-state index contributed by atoms with van der Waals surface area (Å²) >= 11 is 6.18. The van der Waals surface area contributed by atoms with Gasteiger partial charge in [-0.3, -0.25) is 4.90 Å². The van der Waals surface area contributed by atoms with E-state index < -0.39 is 6.10 Å². The number of hydrogen-bond acceptors (Lipinski definition) is 5. The van der Waals surface area contributed by atoms with Crippen LogP contribution in [0.4, 0.5) is 5.82 Å². The van der Waals surface area contributed by atoms with Crippen LogP contribution in [0.3, 0.4) is 0 Å². The van der Waals surface area contributed by atoms with Crippen molar-refractivity contribution in [2.24, 2.45) is 0 Å². The number of aliphatic hydroxyl groups excluding tert-OH is 1. The SMILES string of the molecule is Cc1cc(OC[C@H](O)CN2CCN(c3ccccn3)CC2)cc(C)c1Cl. The molecule has 2 heterocycles. The highest BCUT2D eigenvalue weighted by Crippen LogP contribution is 2.26. The Hall–Kier alpha value is -1.82. The molecule has 3 rings (SSSR count). The molecular weight excluding hydrogens is 350 g/mol. The van der Waals surface area contributed by atoms with Gasteiger partial charge in [0.1, 0.15) is 24.3 Å². The van der Waals surface area contributed by atoms with Gasteiger partial charge in [-0.15, -0.1) is 0 Å². The molecule has 0 bridgehead atoms. The standard InChI is InChI=1S/C20H26ClN3O2/c1-15-11-18(12-16(2)20(15)21)26-14-17(25)13-23-7-9-24(10-8-23)19-5-3-4-6-22-19/h3-6,11-12,17,25H,7-10,13-14H2,1-2H3/t17-/m1/s1. The number of piperazine rings is 1. The van der Waals surface area contributed by atoms with Crippen LogP contribution in [0.1, 0.15) is 11.1 Å². The van der Waals surface area contributed by atoms with E-state index in [1.807, 2.05) is 50.4 Å². The van der Waals surface area contributed by atoms with E-state index in [9.17, 15) is 5.11 Å². The summed E-state index contributed by atoms with van der Waals surface area (Å²) < 4.78 is 5.76. The maximum absolute atomic E-state index is 10.3. The monoisotopic (exact) mass is 375 g/mol. The van der Waals surface area contributed by atoms with Gasteiger partial charge in [0.25, 0.3) is 0 Å². The Bertz CT molecular complexity index is 695. The molecule has 1 atom stereocenters. The minimum atomic E-state index is -0.521. The molecule has 2 aromatic rings. The first-order valence-electron chi connectivity index (χ1n) is 8.99. The summed E-state index contributed by atoms with van der Waals surface area (Å²) in [4.78, 5) is 8.95. The number of hydrogen-bond donors (Lipinski definition) is 1. The second kappa shape index (κ2) is 8.71. The number of aromatic nitrogens is 1. The number of nitrogens with zero attached hydrogens (tertiary/aromatic N) is 3. The van der Waals surface area contributed by atoms with Gasteiger partial charge in [0, 0.05) is 43.9 Å². The lowest BCUT2D eigenvalue weighted by Crippen LogP contribution is -2.49. The minimum absolute atomic E-state index is 0.279. The van der Waals surface area contributed by atoms with E-state index in [-0.39, 0.29) is 6.61 Å². The van der Waals surface area contributed by atoms with Crippen LogP contribution < -0.4 is 9.64 Å². The third kappa shape index (κ3) is 4.87. The molecule has 1 aliphatic rings. The summed E-state index contributed by atoms with van der Waals surface area (Å²) in [5, 5.41) is 11.1. The van der Waals surface area contributed by atoms with Crippen molar-refractivity contribution in [1.29, 1.82) is 0 Å². The first-order valence-corrected chi connectivity index (χ1v) is 9.36. The van der Waals surface area contributed by atoms with Crippen molar-refractivity contribution in [2.75, 3.05) is 44.2 Å². The van der Waals surface area contributed by atoms with Gasteiger partial charge in [-0.25, -0.2) is 4.98 Å². The number of aryl methyl sites for hydroxylation is 2. The van der Waals surface area contributed by atoms with Crippen LogP contribution in [-0.4, -0.2) is 60.4 Å². The van der Waals surface area contributed by atoms with Crippen molar-refractivity contribution in [3.63, 3.8) is 0 Å². The molecule has 0 aliphatic carbocycles. The minimum Gasteiger partial charge on any atom is -0.491 e. The number of pyridine rings is 1. The zero-order valence-corrected chi connectivity index (χ0v) is 16.1. The Labute approximate surface area is 160 Å². The molecule has 0 amide bonds. The van der Waals surface area contributed by atoms with Crippen LogP contribution >= 0.6 is 11.6 Å². The summed E-state index contributed by atoms with van der Waals surface area (Å²) in [6, 6.07) is 9.80. The molecule has 140 valence electrons. The molecule has 1 aliphatic heterocycles. The number of ether oxygens (including phenoxy) is 1. The van der Waals surface area contributed by atoms with Gasteiger partial charge in [0.15, 0.2) is 0 Å². The van der Waals surface area contributed by atoms with Crippen LogP contribution in [-0.2, 0) is 0 Å². The topological polar surface area (TPSA) is 48.8 Å². The van der Waals surface area contributed by atoms with E-state index in [0.29, 0.717) is 6.54 Å². The maximum atomic E-state index is 10.3. The quantitative estimate of drug-likeness (QED) is 0.841. The zero-order valence-electron chi connectivity index (χ0n) is 15.4. The maximum Gasteiger partial charge on any atom is 0.128 e. The lowest BCUT2D eigenvalue weighted by molar-refractivity contribution is 0.0662. The third-order valence-electron chi connectivity index (χ3n) is 4.67. The highest BCUT2D eigenvalue weighted by molar-refractivity contribution is 6.32. The highest BCUT2D eigenvalue weighted by atomic mass is 35.5. The normalized spacial score (nSPS) is 16.5. The lowest BCUT2D eigenvalue weighted by Gasteiger charge is -2.36. The van der Waals surface area contributed by atoms with Crippen LogP contribution in [0.25, 0.3) is 0 Å².